The molecule has 0 aliphatic heterocycles. The van der Waals surface area contributed by atoms with Crippen LogP contribution < -0.4 is 5.73 Å². The van der Waals surface area contributed by atoms with Gasteiger partial charge in [-0.05, 0) is 24.1 Å². The molecule has 0 bridgehead atoms. The van der Waals surface area contributed by atoms with Crippen molar-refractivity contribution in [2.45, 2.75) is 17.9 Å². The summed E-state index contributed by atoms with van der Waals surface area (Å²) >= 11 is 1.82. The highest BCUT2D eigenvalue weighted by Crippen LogP contribution is 2.25. The number of aryl methyl sites for hydroxylation is 1. The van der Waals surface area contributed by atoms with Gasteiger partial charge >= 0.3 is 0 Å². The molecule has 2 heteroatoms. The summed E-state index contributed by atoms with van der Waals surface area (Å²) in [6, 6.07) is 18.8. The summed E-state index contributed by atoms with van der Waals surface area (Å²) in [5, 5.41) is 0. The molecule has 1 atom stereocenters. The lowest BCUT2D eigenvalue weighted by atomic mass is 10.1. The van der Waals surface area contributed by atoms with Crippen molar-refractivity contribution < 1.29 is 0 Å². The first-order valence-electron chi connectivity index (χ1n) is 5.76. The van der Waals surface area contributed by atoms with Crippen LogP contribution in [0, 0.1) is 6.92 Å². The number of hydrogen-bond acceptors (Lipinski definition) is 2. The molecular formula is C15H17NS. The summed E-state index contributed by atoms with van der Waals surface area (Å²) in [5.74, 6) is 0.912. The average Bonchev–Trinajstić information content (AvgIpc) is 2.38. The second-order valence-corrected chi connectivity index (χ2v) is 5.16. The molecule has 88 valence electrons. The van der Waals surface area contributed by atoms with E-state index in [1.54, 1.807) is 0 Å². The highest BCUT2D eigenvalue weighted by atomic mass is 32.2. The van der Waals surface area contributed by atoms with Gasteiger partial charge in [0.15, 0.2) is 0 Å². The Bertz CT molecular complexity index is 467. The largest absolute Gasteiger partial charge is 0.323 e. The topological polar surface area (TPSA) is 26.0 Å². The van der Waals surface area contributed by atoms with Gasteiger partial charge in [-0.1, -0.05) is 48.5 Å². The van der Waals surface area contributed by atoms with Crippen molar-refractivity contribution in [2.24, 2.45) is 5.73 Å². The Kier molecular flexibility index (Phi) is 4.24. The van der Waals surface area contributed by atoms with E-state index in [4.69, 9.17) is 5.73 Å². The second kappa shape index (κ2) is 5.89. The van der Waals surface area contributed by atoms with Crippen LogP contribution in [0.15, 0.2) is 59.5 Å². The molecule has 0 amide bonds. The normalized spacial score (nSPS) is 12.4. The molecule has 0 saturated carbocycles. The van der Waals surface area contributed by atoms with Crippen molar-refractivity contribution in [3.8, 4) is 0 Å². The van der Waals surface area contributed by atoms with Crippen molar-refractivity contribution in [1.29, 1.82) is 0 Å². The van der Waals surface area contributed by atoms with E-state index in [2.05, 4.69) is 43.3 Å². The third kappa shape index (κ3) is 3.35. The third-order valence-electron chi connectivity index (χ3n) is 2.74. The van der Waals surface area contributed by atoms with E-state index in [0.717, 1.165) is 5.75 Å². The monoisotopic (exact) mass is 243 g/mol. The van der Waals surface area contributed by atoms with Crippen molar-refractivity contribution >= 4 is 11.8 Å². The molecule has 1 nitrogen and oxygen atoms in total. The van der Waals surface area contributed by atoms with Gasteiger partial charge in [-0.15, -0.1) is 11.8 Å². The van der Waals surface area contributed by atoms with E-state index in [1.165, 1.54) is 16.0 Å². The van der Waals surface area contributed by atoms with Gasteiger partial charge in [0, 0.05) is 16.7 Å². The Balaban J connectivity index is 1.97. The zero-order chi connectivity index (χ0) is 12.1. The predicted octanol–water partition coefficient (Wildman–Crippen LogP) is 3.79. The first-order chi connectivity index (χ1) is 8.27. The molecule has 0 spiro atoms. The minimum Gasteiger partial charge on any atom is -0.323 e. The summed E-state index contributed by atoms with van der Waals surface area (Å²) in [6.07, 6.45) is 0. The zero-order valence-electron chi connectivity index (χ0n) is 9.97. The minimum atomic E-state index is 0.0980. The van der Waals surface area contributed by atoms with E-state index in [1.807, 2.05) is 30.0 Å². The van der Waals surface area contributed by atoms with E-state index in [-0.39, 0.29) is 6.04 Å². The van der Waals surface area contributed by atoms with Gasteiger partial charge in [0.05, 0.1) is 0 Å². The Labute approximate surface area is 107 Å². The first-order valence-corrected chi connectivity index (χ1v) is 6.75. The van der Waals surface area contributed by atoms with Crippen LogP contribution in [0.1, 0.15) is 17.2 Å². The lowest BCUT2D eigenvalue weighted by Gasteiger charge is -2.12. The van der Waals surface area contributed by atoms with E-state index >= 15 is 0 Å². The zero-order valence-corrected chi connectivity index (χ0v) is 10.8. The van der Waals surface area contributed by atoms with Gasteiger partial charge in [0.25, 0.3) is 0 Å². The number of thioether (sulfide) groups is 1. The van der Waals surface area contributed by atoms with E-state index in [0.29, 0.717) is 0 Å². The molecule has 0 heterocycles. The molecule has 1 unspecified atom stereocenters. The van der Waals surface area contributed by atoms with E-state index < -0.39 is 0 Å². The highest BCUT2D eigenvalue weighted by molar-refractivity contribution is 7.99. The van der Waals surface area contributed by atoms with Gasteiger partial charge in [-0.3, -0.25) is 0 Å². The van der Waals surface area contributed by atoms with Gasteiger partial charge in [0.1, 0.15) is 0 Å². The quantitative estimate of drug-likeness (QED) is 0.827. The van der Waals surface area contributed by atoms with Crippen molar-refractivity contribution in [2.75, 3.05) is 5.75 Å². The number of benzene rings is 2. The second-order valence-electron chi connectivity index (χ2n) is 4.09. The summed E-state index contributed by atoms with van der Waals surface area (Å²) in [4.78, 5) is 1.32. The summed E-state index contributed by atoms with van der Waals surface area (Å²) < 4.78 is 0. The number of nitrogens with two attached hydrogens (primary N) is 1. The fourth-order valence-electron chi connectivity index (χ4n) is 1.69. The molecule has 0 aliphatic rings. The van der Waals surface area contributed by atoms with Crippen LogP contribution in [0.25, 0.3) is 0 Å². The molecule has 2 rings (SSSR count). The van der Waals surface area contributed by atoms with Crippen LogP contribution in [0.4, 0.5) is 0 Å². The summed E-state index contributed by atoms with van der Waals surface area (Å²) in [7, 11) is 0. The Morgan fingerprint density at radius 2 is 1.65 bits per heavy atom. The maximum absolute atomic E-state index is 6.17. The Morgan fingerprint density at radius 1 is 1.00 bits per heavy atom. The van der Waals surface area contributed by atoms with Crippen molar-refractivity contribution in [3.63, 3.8) is 0 Å². The van der Waals surface area contributed by atoms with Crippen LogP contribution >= 0.6 is 11.8 Å². The Hall–Kier alpha value is -1.25. The lowest BCUT2D eigenvalue weighted by molar-refractivity contribution is 0.831. The van der Waals surface area contributed by atoms with E-state index in [9.17, 15) is 0 Å². The van der Waals surface area contributed by atoms with Gasteiger partial charge in [-0.2, -0.15) is 0 Å². The lowest BCUT2D eigenvalue weighted by Crippen LogP contribution is -2.12. The van der Waals surface area contributed by atoms with Crippen molar-refractivity contribution in [1.82, 2.24) is 0 Å². The fourth-order valence-corrected chi connectivity index (χ4v) is 2.72. The van der Waals surface area contributed by atoms with Gasteiger partial charge < -0.3 is 5.73 Å². The van der Waals surface area contributed by atoms with Crippen LogP contribution in [-0.4, -0.2) is 5.75 Å². The predicted molar refractivity (Wildman–Crippen MR) is 75.3 cm³/mol. The highest BCUT2D eigenvalue weighted by Gasteiger charge is 2.06. The molecule has 0 saturated heterocycles. The average molecular weight is 243 g/mol. The molecule has 2 aromatic carbocycles. The first kappa shape index (κ1) is 12.2. The Morgan fingerprint density at radius 3 is 2.35 bits per heavy atom. The SMILES string of the molecule is Cc1ccccc1SCC(N)c1ccccc1. The molecule has 2 aromatic rings. The molecule has 0 aliphatic carbocycles. The summed E-state index contributed by atoms with van der Waals surface area (Å²) in [5.41, 5.74) is 8.69. The molecular weight excluding hydrogens is 226 g/mol. The summed E-state index contributed by atoms with van der Waals surface area (Å²) in [6.45, 7) is 2.14. The maximum atomic E-state index is 6.17. The molecule has 0 fully saturated rings. The third-order valence-corrected chi connectivity index (χ3v) is 4.03. The molecule has 0 aromatic heterocycles. The minimum absolute atomic E-state index is 0.0980. The fraction of sp³-hybridized carbons (Fsp3) is 0.200. The van der Waals surface area contributed by atoms with Crippen LogP contribution in [-0.2, 0) is 0 Å². The van der Waals surface area contributed by atoms with Gasteiger partial charge in [0.2, 0.25) is 0 Å². The number of hydrogen-bond donors (Lipinski definition) is 1. The maximum Gasteiger partial charge on any atom is 0.0390 e. The van der Waals surface area contributed by atoms with Crippen LogP contribution in [0.3, 0.4) is 0 Å². The smallest absolute Gasteiger partial charge is 0.0390 e. The number of rotatable bonds is 4. The standard InChI is InChI=1S/C15H17NS/c1-12-7-5-6-10-15(12)17-11-14(16)13-8-3-2-4-9-13/h2-10,14H,11,16H2,1H3. The molecule has 17 heavy (non-hydrogen) atoms. The van der Waals surface area contributed by atoms with Crippen LogP contribution in [0.2, 0.25) is 0 Å². The van der Waals surface area contributed by atoms with Crippen molar-refractivity contribution in [3.05, 3.63) is 65.7 Å². The molecule has 2 N–H and O–H groups in total. The van der Waals surface area contributed by atoms with Gasteiger partial charge in [-0.25, -0.2) is 0 Å². The molecule has 0 radical (unpaired) electrons. The van der Waals surface area contributed by atoms with Crippen LogP contribution in [0.5, 0.6) is 0 Å².